The number of unbranched alkanes of at least 4 members (excludes halogenated alkanes) is 1. The molecule has 0 fully saturated rings. The van der Waals surface area contributed by atoms with Gasteiger partial charge in [0.1, 0.15) is 6.04 Å². The Morgan fingerprint density at radius 3 is 2.47 bits per heavy atom. The lowest BCUT2D eigenvalue weighted by Crippen LogP contribution is -2.34. The molecule has 0 aliphatic heterocycles. The second-order valence-electron chi connectivity index (χ2n) is 4.35. The molecule has 0 bridgehead atoms. The highest BCUT2D eigenvalue weighted by Crippen LogP contribution is 2.04. The molecule has 104 valence electrons. The van der Waals surface area contributed by atoms with Gasteiger partial charge in [-0.15, -0.1) is 0 Å². The Balaban J connectivity index is 2.33. The molecule has 0 unspecified atom stereocenters. The van der Waals surface area contributed by atoms with E-state index in [9.17, 15) is 9.59 Å². The summed E-state index contributed by atoms with van der Waals surface area (Å²) in [5.74, 6) is -1.25. The normalized spacial score (nSPS) is 11.9. The molecule has 0 aliphatic carbocycles. The van der Waals surface area contributed by atoms with Gasteiger partial charge in [0.25, 0.3) is 0 Å². The van der Waals surface area contributed by atoms with Crippen LogP contribution in [-0.4, -0.2) is 24.5 Å². The van der Waals surface area contributed by atoms with E-state index in [1.807, 2.05) is 18.2 Å². The van der Waals surface area contributed by atoms with Crippen molar-refractivity contribution < 1.29 is 14.3 Å². The van der Waals surface area contributed by atoms with Crippen molar-refractivity contribution in [1.29, 1.82) is 0 Å². The number of benzene rings is 1. The minimum Gasteiger partial charge on any atom is -0.392 e. The van der Waals surface area contributed by atoms with Gasteiger partial charge in [-0.25, -0.2) is 4.79 Å². The molecule has 5 heteroatoms. The number of carbonyl (C=O) groups is 2. The summed E-state index contributed by atoms with van der Waals surface area (Å²) < 4.78 is 4.71. The van der Waals surface area contributed by atoms with Gasteiger partial charge in [0.05, 0.1) is 6.42 Å². The lowest BCUT2D eigenvalue weighted by Gasteiger charge is -2.09. The van der Waals surface area contributed by atoms with E-state index in [-0.39, 0.29) is 6.42 Å². The molecular weight excluding hydrogens is 244 g/mol. The van der Waals surface area contributed by atoms with E-state index in [1.54, 1.807) is 12.1 Å². The molecule has 19 heavy (non-hydrogen) atoms. The Morgan fingerprint density at radius 1 is 1.16 bits per heavy atom. The summed E-state index contributed by atoms with van der Waals surface area (Å²) in [5.41, 5.74) is 11.8. The first-order valence-electron chi connectivity index (χ1n) is 6.37. The average Bonchev–Trinajstić information content (AvgIpc) is 2.39. The smallest absolute Gasteiger partial charge is 0.330 e. The lowest BCUT2D eigenvalue weighted by atomic mass is 10.1. The number of hydrogen-bond donors (Lipinski definition) is 2. The number of nitrogens with two attached hydrogens (primary N) is 2. The van der Waals surface area contributed by atoms with Gasteiger partial charge in [-0.05, 0) is 24.9 Å². The Labute approximate surface area is 112 Å². The van der Waals surface area contributed by atoms with Gasteiger partial charge >= 0.3 is 11.9 Å². The summed E-state index contributed by atoms with van der Waals surface area (Å²) in [4.78, 5) is 23.1. The zero-order valence-electron chi connectivity index (χ0n) is 10.9. The molecule has 1 atom stereocenters. The van der Waals surface area contributed by atoms with Crippen LogP contribution >= 0.6 is 0 Å². The van der Waals surface area contributed by atoms with Crippen LogP contribution in [-0.2, 0) is 20.7 Å². The summed E-state index contributed by atoms with van der Waals surface area (Å²) in [5, 5.41) is 0. The second kappa shape index (κ2) is 8.39. The molecule has 0 amide bonds. The van der Waals surface area contributed by atoms with Crippen molar-refractivity contribution in [1.82, 2.24) is 0 Å². The van der Waals surface area contributed by atoms with Gasteiger partial charge in [-0.1, -0.05) is 36.8 Å². The number of ether oxygens (including phenoxy) is 1. The fourth-order valence-corrected chi connectivity index (χ4v) is 1.61. The quantitative estimate of drug-likeness (QED) is 0.430. The molecule has 0 saturated carbocycles. The van der Waals surface area contributed by atoms with Crippen LogP contribution in [0.5, 0.6) is 0 Å². The van der Waals surface area contributed by atoms with Crippen LogP contribution in [0.4, 0.5) is 0 Å². The molecule has 1 aromatic carbocycles. The maximum absolute atomic E-state index is 11.5. The summed E-state index contributed by atoms with van der Waals surface area (Å²) in [6.45, 7) is 0.564. The van der Waals surface area contributed by atoms with Gasteiger partial charge in [0.15, 0.2) is 0 Å². The number of rotatable bonds is 7. The van der Waals surface area contributed by atoms with Crippen molar-refractivity contribution in [2.45, 2.75) is 31.7 Å². The zero-order valence-corrected chi connectivity index (χ0v) is 10.9. The highest BCUT2D eigenvalue weighted by Gasteiger charge is 2.18. The van der Waals surface area contributed by atoms with E-state index in [2.05, 4.69) is 0 Å². The lowest BCUT2D eigenvalue weighted by molar-refractivity contribution is -0.160. The Kier molecular flexibility index (Phi) is 6.78. The first-order valence-corrected chi connectivity index (χ1v) is 6.37. The average molecular weight is 264 g/mol. The first kappa shape index (κ1) is 15.3. The Morgan fingerprint density at radius 2 is 1.84 bits per heavy atom. The Bertz CT molecular complexity index is 406. The molecule has 1 rings (SSSR count). The molecule has 4 N–H and O–H groups in total. The molecule has 0 heterocycles. The van der Waals surface area contributed by atoms with Crippen molar-refractivity contribution in [2.24, 2.45) is 11.5 Å². The summed E-state index contributed by atoms with van der Waals surface area (Å²) in [6.07, 6.45) is 2.11. The highest BCUT2D eigenvalue weighted by molar-refractivity contribution is 5.89. The van der Waals surface area contributed by atoms with Gasteiger partial charge < -0.3 is 16.2 Å². The monoisotopic (exact) mass is 264 g/mol. The van der Waals surface area contributed by atoms with Crippen molar-refractivity contribution in [2.75, 3.05) is 6.54 Å². The predicted molar refractivity (Wildman–Crippen MR) is 72.1 cm³/mol. The van der Waals surface area contributed by atoms with Gasteiger partial charge in [0.2, 0.25) is 0 Å². The van der Waals surface area contributed by atoms with Gasteiger partial charge in [0, 0.05) is 0 Å². The predicted octanol–water partition coefficient (Wildman–Crippen LogP) is 0.755. The maximum Gasteiger partial charge on any atom is 0.330 e. The van der Waals surface area contributed by atoms with Crippen molar-refractivity contribution >= 4 is 11.9 Å². The maximum atomic E-state index is 11.5. The third kappa shape index (κ3) is 6.13. The van der Waals surface area contributed by atoms with Crippen molar-refractivity contribution in [3.63, 3.8) is 0 Å². The first-order chi connectivity index (χ1) is 9.13. The largest absolute Gasteiger partial charge is 0.392 e. The van der Waals surface area contributed by atoms with Gasteiger partial charge in [-0.2, -0.15) is 0 Å². The zero-order chi connectivity index (χ0) is 14.1. The molecule has 1 aromatic rings. The van der Waals surface area contributed by atoms with Crippen LogP contribution in [0.1, 0.15) is 24.8 Å². The minimum atomic E-state index is -0.758. The van der Waals surface area contributed by atoms with E-state index in [1.165, 1.54) is 0 Å². The van der Waals surface area contributed by atoms with E-state index in [0.717, 1.165) is 18.4 Å². The second-order valence-corrected chi connectivity index (χ2v) is 4.35. The van der Waals surface area contributed by atoms with E-state index in [4.69, 9.17) is 16.2 Å². The molecule has 0 aliphatic rings. The fraction of sp³-hybridized carbons (Fsp3) is 0.429. The Hall–Kier alpha value is -1.72. The number of esters is 2. The standard InChI is InChI=1S/C14H20N2O3/c15-9-5-4-8-12(16)14(18)19-13(17)10-11-6-2-1-3-7-11/h1-3,6-7,12H,4-5,8-10,15-16H2/t12-/m0/s1. The number of hydrogen-bond acceptors (Lipinski definition) is 5. The summed E-state index contributed by atoms with van der Waals surface area (Å²) in [6, 6.07) is 8.34. The van der Waals surface area contributed by atoms with Crippen molar-refractivity contribution in [3.8, 4) is 0 Å². The molecule has 5 nitrogen and oxygen atoms in total. The number of carbonyl (C=O) groups excluding carboxylic acids is 2. The van der Waals surface area contributed by atoms with Crippen LogP contribution in [0.2, 0.25) is 0 Å². The van der Waals surface area contributed by atoms with Crippen LogP contribution in [0.25, 0.3) is 0 Å². The highest BCUT2D eigenvalue weighted by atomic mass is 16.6. The minimum absolute atomic E-state index is 0.0715. The van der Waals surface area contributed by atoms with Gasteiger partial charge in [-0.3, -0.25) is 4.79 Å². The van der Waals surface area contributed by atoms with Crippen LogP contribution in [0.3, 0.4) is 0 Å². The van der Waals surface area contributed by atoms with E-state index >= 15 is 0 Å². The SMILES string of the molecule is NCCCC[C@H](N)C(=O)OC(=O)Cc1ccccc1. The van der Waals surface area contributed by atoms with E-state index < -0.39 is 18.0 Å². The third-order valence-corrected chi connectivity index (χ3v) is 2.68. The summed E-state index contributed by atoms with van der Waals surface area (Å²) in [7, 11) is 0. The molecule has 0 saturated heterocycles. The van der Waals surface area contributed by atoms with E-state index in [0.29, 0.717) is 13.0 Å². The molecule has 0 radical (unpaired) electrons. The summed E-state index contributed by atoms with van der Waals surface area (Å²) >= 11 is 0. The van der Waals surface area contributed by atoms with Crippen LogP contribution in [0.15, 0.2) is 30.3 Å². The molecule has 0 aromatic heterocycles. The topological polar surface area (TPSA) is 95.4 Å². The van der Waals surface area contributed by atoms with Crippen LogP contribution in [0, 0.1) is 0 Å². The van der Waals surface area contributed by atoms with Crippen LogP contribution < -0.4 is 11.5 Å². The molecule has 0 spiro atoms. The van der Waals surface area contributed by atoms with Crippen molar-refractivity contribution in [3.05, 3.63) is 35.9 Å². The third-order valence-electron chi connectivity index (χ3n) is 2.68. The molecular formula is C14H20N2O3. The fourth-order valence-electron chi connectivity index (χ4n) is 1.61.